The van der Waals surface area contributed by atoms with E-state index in [4.69, 9.17) is 14.0 Å². The first kappa shape index (κ1) is 10.5. The van der Waals surface area contributed by atoms with E-state index in [2.05, 4.69) is 10.1 Å². The van der Waals surface area contributed by atoms with Gasteiger partial charge in [-0.05, 0) is 25.1 Å². The molecule has 1 aromatic carbocycles. The second kappa shape index (κ2) is 3.69. The molecule has 0 atom stereocenters. The predicted molar refractivity (Wildman–Crippen MR) is 61.2 cm³/mol. The number of benzene rings is 1. The molecule has 0 aliphatic heterocycles. The summed E-state index contributed by atoms with van der Waals surface area (Å²) in [6.45, 7) is 1.77. The molecule has 0 amide bonds. The van der Waals surface area contributed by atoms with E-state index in [1.807, 2.05) is 0 Å². The molecule has 0 aliphatic rings. The predicted octanol–water partition coefficient (Wildman–Crippen LogP) is 2.49. The van der Waals surface area contributed by atoms with E-state index < -0.39 is 5.97 Å². The first-order valence-corrected chi connectivity index (χ1v) is 5.21. The van der Waals surface area contributed by atoms with Crippen LogP contribution >= 0.6 is 0 Å². The normalized spacial score (nSPS) is 10.9. The van der Waals surface area contributed by atoms with E-state index in [0.29, 0.717) is 28.4 Å². The molecule has 0 saturated heterocycles. The topological polar surface area (TPSA) is 89.4 Å². The maximum Gasteiger partial charge on any atom is 0.335 e. The molecule has 0 fully saturated rings. The van der Waals surface area contributed by atoms with Crippen LogP contribution in [-0.4, -0.2) is 21.2 Å². The van der Waals surface area contributed by atoms with Gasteiger partial charge < -0.3 is 14.0 Å². The van der Waals surface area contributed by atoms with Crippen molar-refractivity contribution in [2.75, 3.05) is 0 Å². The number of fused-ring (bicyclic) bond motifs is 1. The third-order valence-corrected chi connectivity index (χ3v) is 2.48. The van der Waals surface area contributed by atoms with Crippen molar-refractivity contribution in [2.45, 2.75) is 6.92 Å². The zero-order valence-corrected chi connectivity index (χ0v) is 9.38. The standard InChI is InChI=1S/C12H8N2O4/c1-6-4-9(14-18-6)11-13-8-3-2-7(12(15)16)5-10(8)17-11/h2-5H,1H3,(H,15,16). The van der Waals surface area contributed by atoms with E-state index in [1.54, 1.807) is 19.1 Å². The van der Waals surface area contributed by atoms with Crippen LogP contribution in [0.2, 0.25) is 0 Å². The Kier molecular flexibility index (Phi) is 2.16. The molecule has 1 N–H and O–H groups in total. The van der Waals surface area contributed by atoms with Crippen molar-refractivity contribution in [3.63, 3.8) is 0 Å². The molecular weight excluding hydrogens is 236 g/mol. The Morgan fingerprint density at radius 2 is 2.17 bits per heavy atom. The van der Waals surface area contributed by atoms with Crippen molar-refractivity contribution in [3.8, 4) is 11.6 Å². The lowest BCUT2D eigenvalue weighted by atomic mass is 10.2. The number of nitrogens with zero attached hydrogens (tertiary/aromatic N) is 2. The lowest BCUT2D eigenvalue weighted by Gasteiger charge is -1.91. The van der Waals surface area contributed by atoms with Crippen molar-refractivity contribution in [1.29, 1.82) is 0 Å². The Balaban J connectivity index is 2.13. The number of carboxylic acids is 1. The third kappa shape index (κ3) is 1.64. The second-order valence-electron chi connectivity index (χ2n) is 3.83. The zero-order chi connectivity index (χ0) is 12.7. The zero-order valence-electron chi connectivity index (χ0n) is 9.38. The number of carboxylic acid groups (broad SMARTS) is 1. The number of oxazole rings is 1. The van der Waals surface area contributed by atoms with Crippen LogP contribution in [0.15, 0.2) is 33.2 Å². The number of hydrogen-bond donors (Lipinski definition) is 1. The Morgan fingerprint density at radius 3 is 2.83 bits per heavy atom. The van der Waals surface area contributed by atoms with Crippen molar-refractivity contribution in [1.82, 2.24) is 10.1 Å². The number of aromatic carboxylic acids is 1. The summed E-state index contributed by atoms with van der Waals surface area (Å²) in [6.07, 6.45) is 0. The Bertz CT molecular complexity index is 741. The minimum absolute atomic E-state index is 0.154. The van der Waals surface area contributed by atoms with E-state index in [1.165, 1.54) is 12.1 Å². The molecule has 0 bridgehead atoms. The van der Waals surface area contributed by atoms with Crippen LogP contribution in [0.3, 0.4) is 0 Å². The molecule has 2 heterocycles. The molecule has 0 unspecified atom stereocenters. The molecule has 0 aliphatic carbocycles. The summed E-state index contributed by atoms with van der Waals surface area (Å²) in [6, 6.07) is 6.20. The van der Waals surface area contributed by atoms with Crippen LogP contribution < -0.4 is 0 Å². The largest absolute Gasteiger partial charge is 0.478 e. The Hall–Kier alpha value is -2.63. The van der Waals surface area contributed by atoms with Gasteiger partial charge in [-0.25, -0.2) is 9.78 Å². The van der Waals surface area contributed by atoms with Gasteiger partial charge in [0.1, 0.15) is 11.3 Å². The number of carbonyl (C=O) groups is 1. The minimum atomic E-state index is -1.01. The van der Waals surface area contributed by atoms with Crippen molar-refractivity contribution in [3.05, 3.63) is 35.6 Å². The summed E-state index contributed by atoms with van der Waals surface area (Å²) in [5.74, 6) is -0.0463. The van der Waals surface area contributed by atoms with Crippen LogP contribution in [0.5, 0.6) is 0 Å². The van der Waals surface area contributed by atoms with Gasteiger partial charge >= 0.3 is 5.97 Å². The minimum Gasteiger partial charge on any atom is -0.478 e. The molecule has 90 valence electrons. The molecule has 3 aromatic rings. The fourth-order valence-electron chi connectivity index (χ4n) is 1.63. The Labute approximate surface area is 101 Å². The number of aryl methyl sites for hydroxylation is 1. The van der Waals surface area contributed by atoms with Gasteiger partial charge in [0.25, 0.3) is 0 Å². The molecule has 3 rings (SSSR count). The summed E-state index contributed by atoms with van der Waals surface area (Å²) in [5.41, 5.74) is 1.63. The molecule has 0 spiro atoms. The van der Waals surface area contributed by atoms with E-state index in [0.717, 1.165) is 0 Å². The smallest absolute Gasteiger partial charge is 0.335 e. The molecule has 6 nitrogen and oxygen atoms in total. The summed E-state index contributed by atoms with van der Waals surface area (Å²) in [4.78, 5) is 15.0. The summed E-state index contributed by atoms with van der Waals surface area (Å²) in [7, 11) is 0. The monoisotopic (exact) mass is 244 g/mol. The SMILES string of the molecule is Cc1cc(-c2nc3ccc(C(=O)O)cc3o2)no1. The number of rotatable bonds is 2. The second-order valence-corrected chi connectivity index (χ2v) is 3.83. The maximum atomic E-state index is 10.8. The van der Waals surface area contributed by atoms with Crippen molar-refractivity contribution < 1.29 is 18.8 Å². The van der Waals surface area contributed by atoms with E-state index >= 15 is 0 Å². The van der Waals surface area contributed by atoms with Crippen molar-refractivity contribution in [2.24, 2.45) is 0 Å². The van der Waals surface area contributed by atoms with Crippen LogP contribution in [-0.2, 0) is 0 Å². The average Bonchev–Trinajstić information content (AvgIpc) is 2.93. The van der Waals surface area contributed by atoms with Gasteiger partial charge in [-0.15, -0.1) is 0 Å². The summed E-state index contributed by atoms with van der Waals surface area (Å²) < 4.78 is 10.4. The third-order valence-electron chi connectivity index (χ3n) is 2.48. The van der Waals surface area contributed by atoms with Crippen LogP contribution in [0, 0.1) is 6.92 Å². The van der Waals surface area contributed by atoms with Crippen LogP contribution in [0.25, 0.3) is 22.7 Å². The quantitative estimate of drug-likeness (QED) is 0.744. The van der Waals surface area contributed by atoms with Crippen LogP contribution in [0.1, 0.15) is 16.1 Å². The molecule has 0 saturated carbocycles. The fraction of sp³-hybridized carbons (Fsp3) is 0.0833. The van der Waals surface area contributed by atoms with Crippen LogP contribution in [0.4, 0.5) is 0 Å². The molecule has 0 radical (unpaired) electrons. The molecule has 6 heteroatoms. The molecule has 18 heavy (non-hydrogen) atoms. The fourth-order valence-corrected chi connectivity index (χ4v) is 1.63. The highest BCUT2D eigenvalue weighted by atomic mass is 16.5. The lowest BCUT2D eigenvalue weighted by Crippen LogP contribution is -1.94. The number of hydrogen-bond acceptors (Lipinski definition) is 5. The number of aromatic nitrogens is 2. The van der Waals surface area contributed by atoms with Gasteiger partial charge in [-0.1, -0.05) is 5.16 Å². The first-order valence-electron chi connectivity index (χ1n) is 5.21. The first-order chi connectivity index (χ1) is 8.63. The van der Waals surface area contributed by atoms with E-state index in [9.17, 15) is 4.79 Å². The highest BCUT2D eigenvalue weighted by molar-refractivity contribution is 5.92. The van der Waals surface area contributed by atoms with Gasteiger partial charge in [0.05, 0.1) is 5.56 Å². The maximum absolute atomic E-state index is 10.8. The van der Waals surface area contributed by atoms with Gasteiger partial charge in [0.2, 0.25) is 5.89 Å². The van der Waals surface area contributed by atoms with Gasteiger partial charge in [-0.2, -0.15) is 0 Å². The van der Waals surface area contributed by atoms with Gasteiger partial charge in [-0.3, -0.25) is 0 Å². The van der Waals surface area contributed by atoms with E-state index in [-0.39, 0.29) is 5.56 Å². The lowest BCUT2D eigenvalue weighted by molar-refractivity contribution is 0.0697. The average molecular weight is 244 g/mol. The Morgan fingerprint density at radius 1 is 1.33 bits per heavy atom. The molecule has 2 aromatic heterocycles. The summed E-state index contributed by atoms with van der Waals surface area (Å²) in [5, 5.41) is 12.7. The van der Waals surface area contributed by atoms with Crippen molar-refractivity contribution >= 4 is 17.1 Å². The van der Waals surface area contributed by atoms with Gasteiger partial charge in [0.15, 0.2) is 11.3 Å². The highest BCUT2D eigenvalue weighted by Gasteiger charge is 2.13. The summed E-state index contributed by atoms with van der Waals surface area (Å²) >= 11 is 0. The highest BCUT2D eigenvalue weighted by Crippen LogP contribution is 2.24. The molecular formula is C12H8N2O4. The van der Waals surface area contributed by atoms with Gasteiger partial charge in [0, 0.05) is 6.07 Å².